The van der Waals surface area contributed by atoms with Gasteiger partial charge in [0.2, 0.25) is 5.91 Å². The number of imidazole rings is 1. The van der Waals surface area contributed by atoms with Crippen molar-refractivity contribution in [1.29, 1.82) is 0 Å². The van der Waals surface area contributed by atoms with Crippen molar-refractivity contribution in [3.8, 4) is 0 Å². The molecule has 72 valence electrons. The zero-order chi connectivity index (χ0) is 9.68. The third-order valence-corrected chi connectivity index (χ3v) is 1.81. The molecule has 1 N–H and O–H groups in total. The van der Waals surface area contributed by atoms with Crippen molar-refractivity contribution in [3.05, 3.63) is 18.2 Å². The Morgan fingerprint density at radius 3 is 3.00 bits per heavy atom. The van der Waals surface area contributed by atoms with E-state index in [2.05, 4.69) is 10.3 Å². The normalized spacial score (nSPS) is 10.0. The molecule has 1 aromatic rings. The largest absolute Gasteiger partial charge is 0.356 e. The summed E-state index contributed by atoms with van der Waals surface area (Å²) in [7, 11) is 1.88. The molecule has 0 spiro atoms. The molecule has 1 aromatic heterocycles. The molecular formula is C9H15N3O. The summed E-state index contributed by atoms with van der Waals surface area (Å²) < 4.78 is 1.85. The van der Waals surface area contributed by atoms with E-state index in [1.54, 1.807) is 6.20 Å². The van der Waals surface area contributed by atoms with Crippen molar-refractivity contribution in [2.45, 2.75) is 19.8 Å². The van der Waals surface area contributed by atoms with Crippen molar-refractivity contribution in [2.75, 3.05) is 6.54 Å². The average Bonchev–Trinajstić information content (AvgIpc) is 2.48. The molecule has 0 atom stereocenters. The maximum atomic E-state index is 11.3. The van der Waals surface area contributed by atoms with Gasteiger partial charge in [0.05, 0.1) is 6.42 Å². The highest BCUT2D eigenvalue weighted by atomic mass is 16.1. The second-order valence-electron chi connectivity index (χ2n) is 2.98. The minimum Gasteiger partial charge on any atom is -0.356 e. The molecule has 0 saturated heterocycles. The van der Waals surface area contributed by atoms with Gasteiger partial charge in [-0.05, 0) is 6.42 Å². The first-order valence-electron chi connectivity index (χ1n) is 4.47. The molecule has 4 heteroatoms. The van der Waals surface area contributed by atoms with E-state index in [1.165, 1.54) is 0 Å². The van der Waals surface area contributed by atoms with E-state index in [0.717, 1.165) is 18.8 Å². The van der Waals surface area contributed by atoms with Crippen LogP contribution in [0.2, 0.25) is 0 Å². The van der Waals surface area contributed by atoms with Crippen LogP contribution in [0.3, 0.4) is 0 Å². The Morgan fingerprint density at radius 2 is 2.46 bits per heavy atom. The van der Waals surface area contributed by atoms with E-state index in [0.29, 0.717) is 6.42 Å². The molecule has 13 heavy (non-hydrogen) atoms. The van der Waals surface area contributed by atoms with Gasteiger partial charge in [-0.2, -0.15) is 0 Å². The summed E-state index contributed by atoms with van der Waals surface area (Å²) in [5, 5.41) is 2.81. The topological polar surface area (TPSA) is 46.9 Å². The Balaban J connectivity index is 2.41. The monoisotopic (exact) mass is 181 g/mol. The van der Waals surface area contributed by atoms with Crippen molar-refractivity contribution >= 4 is 5.91 Å². The highest BCUT2D eigenvalue weighted by Crippen LogP contribution is 1.94. The molecule has 0 bridgehead atoms. The molecule has 0 aliphatic carbocycles. The van der Waals surface area contributed by atoms with Gasteiger partial charge in [0, 0.05) is 26.0 Å². The van der Waals surface area contributed by atoms with Crippen molar-refractivity contribution in [2.24, 2.45) is 7.05 Å². The van der Waals surface area contributed by atoms with Crippen LogP contribution in [0.4, 0.5) is 0 Å². The molecule has 0 aliphatic rings. The Hall–Kier alpha value is -1.32. The smallest absolute Gasteiger partial charge is 0.227 e. The number of nitrogens with one attached hydrogen (secondary N) is 1. The van der Waals surface area contributed by atoms with Gasteiger partial charge in [0.15, 0.2) is 0 Å². The van der Waals surface area contributed by atoms with E-state index >= 15 is 0 Å². The first-order chi connectivity index (χ1) is 6.24. The Bertz CT molecular complexity index is 280. The van der Waals surface area contributed by atoms with Crippen LogP contribution in [-0.2, 0) is 18.3 Å². The zero-order valence-corrected chi connectivity index (χ0v) is 8.08. The van der Waals surface area contributed by atoms with Gasteiger partial charge in [-0.25, -0.2) is 4.98 Å². The first kappa shape index (κ1) is 9.77. The number of hydrogen-bond donors (Lipinski definition) is 1. The number of aryl methyl sites for hydroxylation is 1. The highest BCUT2D eigenvalue weighted by molar-refractivity contribution is 5.77. The molecule has 1 heterocycles. The van der Waals surface area contributed by atoms with E-state index < -0.39 is 0 Å². The summed E-state index contributed by atoms with van der Waals surface area (Å²) in [4.78, 5) is 15.3. The summed E-state index contributed by atoms with van der Waals surface area (Å²) in [5.41, 5.74) is 0. The molecule has 0 fully saturated rings. The number of hydrogen-bond acceptors (Lipinski definition) is 2. The molecule has 4 nitrogen and oxygen atoms in total. The first-order valence-corrected chi connectivity index (χ1v) is 4.47. The molecule has 1 amide bonds. The number of rotatable bonds is 4. The predicted molar refractivity (Wildman–Crippen MR) is 50.2 cm³/mol. The number of nitrogens with zero attached hydrogens (tertiary/aromatic N) is 2. The fourth-order valence-electron chi connectivity index (χ4n) is 1.04. The third-order valence-electron chi connectivity index (χ3n) is 1.81. The number of carbonyl (C=O) groups excluding carboxylic acids is 1. The minimum absolute atomic E-state index is 0.0381. The summed E-state index contributed by atoms with van der Waals surface area (Å²) in [5.74, 6) is 0.838. The Labute approximate surface area is 78.0 Å². The summed E-state index contributed by atoms with van der Waals surface area (Å²) in [6, 6.07) is 0. The maximum Gasteiger partial charge on any atom is 0.227 e. The van der Waals surface area contributed by atoms with Crippen molar-refractivity contribution < 1.29 is 4.79 Å². The molecule has 0 aliphatic heterocycles. The van der Waals surface area contributed by atoms with Crippen LogP contribution in [-0.4, -0.2) is 22.0 Å². The molecule has 1 rings (SSSR count). The Morgan fingerprint density at radius 1 is 1.69 bits per heavy atom. The average molecular weight is 181 g/mol. The van der Waals surface area contributed by atoms with Gasteiger partial charge in [0.25, 0.3) is 0 Å². The minimum atomic E-state index is 0.0381. The SMILES string of the molecule is CCCNC(=O)Cc1nccn1C. The second kappa shape index (κ2) is 4.64. The van der Waals surface area contributed by atoms with Crippen LogP contribution in [0.15, 0.2) is 12.4 Å². The van der Waals surface area contributed by atoms with Gasteiger partial charge in [-0.1, -0.05) is 6.92 Å². The fourth-order valence-corrected chi connectivity index (χ4v) is 1.04. The zero-order valence-electron chi connectivity index (χ0n) is 8.08. The lowest BCUT2D eigenvalue weighted by Crippen LogP contribution is -2.26. The van der Waals surface area contributed by atoms with Crippen LogP contribution in [0, 0.1) is 0 Å². The maximum absolute atomic E-state index is 11.3. The summed E-state index contributed by atoms with van der Waals surface area (Å²) in [6.07, 6.45) is 4.86. The molecule has 0 unspecified atom stereocenters. The molecular weight excluding hydrogens is 166 g/mol. The van der Waals surface area contributed by atoms with E-state index in [-0.39, 0.29) is 5.91 Å². The summed E-state index contributed by atoms with van der Waals surface area (Å²) >= 11 is 0. The lowest BCUT2D eigenvalue weighted by Gasteiger charge is -2.02. The van der Waals surface area contributed by atoms with Crippen LogP contribution in [0.25, 0.3) is 0 Å². The standard InChI is InChI=1S/C9H15N3O/c1-3-4-11-9(13)7-8-10-5-6-12(8)2/h5-6H,3-4,7H2,1-2H3,(H,11,13). The molecule has 0 saturated carbocycles. The van der Waals surface area contributed by atoms with Crippen LogP contribution in [0.1, 0.15) is 19.2 Å². The number of amides is 1. The fraction of sp³-hybridized carbons (Fsp3) is 0.556. The van der Waals surface area contributed by atoms with E-state index in [4.69, 9.17) is 0 Å². The predicted octanol–water partition coefficient (Wildman–Crippen LogP) is 0.489. The Kier molecular flexibility index (Phi) is 3.49. The molecule has 0 radical (unpaired) electrons. The van der Waals surface area contributed by atoms with Crippen LogP contribution < -0.4 is 5.32 Å². The second-order valence-corrected chi connectivity index (χ2v) is 2.98. The van der Waals surface area contributed by atoms with Crippen molar-refractivity contribution in [1.82, 2.24) is 14.9 Å². The van der Waals surface area contributed by atoms with E-state index in [9.17, 15) is 4.79 Å². The van der Waals surface area contributed by atoms with Gasteiger partial charge >= 0.3 is 0 Å². The number of aromatic nitrogens is 2. The van der Waals surface area contributed by atoms with Gasteiger partial charge in [-0.3, -0.25) is 4.79 Å². The van der Waals surface area contributed by atoms with E-state index in [1.807, 2.05) is 24.7 Å². The molecule has 0 aromatic carbocycles. The lowest BCUT2D eigenvalue weighted by atomic mass is 10.3. The lowest BCUT2D eigenvalue weighted by molar-refractivity contribution is -0.120. The van der Waals surface area contributed by atoms with Gasteiger partial charge < -0.3 is 9.88 Å². The van der Waals surface area contributed by atoms with Crippen LogP contribution in [0.5, 0.6) is 0 Å². The third kappa shape index (κ3) is 2.89. The highest BCUT2D eigenvalue weighted by Gasteiger charge is 2.05. The quantitative estimate of drug-likeness (QED) is 0.734. The van der Waals surface area contributed by atoms with Gasteiger partial charge in [-0.15, -0.1) is 0 Å². The van der Waals surface area contributed by atoms with Crippen molar-refractivity contribution in [3.63, 3.8) is 0 Å². The number of carbonyl (C=O) groups is 1. The van der Waals surface area contributed by atoms with Crippen LogP contribution >= 0.6 is 0 Å². The van der Waals surface area contributed by atoms with Gasteiger partial charge in [0.1, 0.15) is 5.82 Å². The summed E-state index contributed by atoms with van der Waals surface area (Å²) in [6.45, 7) is 2.77.